The van der Waals surface area contributed by atoms with E-state index in [4.69, 9.17) is 4.74 Å². The average molecular weight is 377 g/mol. The van der Waals surface area contributed by atoms with Gasteiger partial charge in [0.05, 0.1) is 19.6 Å². The summed E-state index contributed by atoms with van der Waals surface area (Å²) in [5.41, 5.74) is 2.16. The fraction of sp³-hybridized carbons (Fsp3) is 0.292. The Labute approximate surface area is 166 Å². The van der Waals surface area contributed by atoms with Crippen molar-refractivity contribution in [1.82, 2.24) is 4.90 Å². The molecule has 1 N–H and O–H groups in total. The zero-order valence-corrected chi connectivity index (χ0v) is 16.5. The Morgan fingerprint density at radius 1 is 1.00 bits per heavy atom. The lowest BCUT2D eigenvalue weighted by molar-refractivity contribution is -0.132. The van der Waals surface area contributed by atoms with Crippen LogP contribution in [0.3, 0.4) is 0 Å². The third-order valence-corrected chi connectivity index (χ3v) is 5.14. The number of hydrogen-bond donors (Lipinski definition) is 1. The van der Waals surface area contributed by atoms with Crippen LogP contribution in [0, 0.1) is 0 Å². The number of hydrogen-bond acceptors (Lipinski definition) is 3. The Morgan fingerprint density at radius 2 is 1.71 bits per heavy atom. The Hall–Kier alpha value is -2.85. The molecule has 1 amide bonds. The van der Waals surface area contributed by atoms with Crippen molar-refractivity contribution in [2.75, 3.05) is 26.8 Å². The van der Waals surface area contributed by atoms with Crippen LogP contribution in [-0.4, -0.2) is 42.7 Å². The number of carbonyl (C=O) groups is 1. The first-order valence-corrected chi connectivity index (χ1v) is 9.63. The Balaban J connectivity index is 1.75. The molecule has 1 atom stereocenters. The quantitative estimate of drug-likeness (QED) is 0.645. The number of methoxy groups -OCH3 is 1. The van der Waals surface area contributed by atoms with Crippen LogP contribution in [0.15, 0.2) is 66.7 Å². The summed E-state index contributed by atoms with van der Waals surface area (Å²) in [6.07, 6.45) is 0.775. The third-order valence-electron chi connectivity index (χ3n) is 5.14. The first-order valence-electron chi connectivity index (χ1n) is 9.63. The molecule has 0 radical (unpaired) electrons. The molecular formula is C24H27NO3. The van der Waals surface area contributed by atoms with E-state index in [0.29, 0.717) is 13.1 Å². The summed E-state index contributed by atoms with van der Waals surface area (Å²) in [5, 5.41) is 11.6. The molecule has 4 heteroatoms. The van der Waals surface area contributed by atoms with Crippen molar-refractivity contribution in [2.45, 2.75) is 19.3 Å². The van der Waals surface area contributed by atoms with Crippen LogP contribution in [0.2, 0.25) is 0 Å². The number of nitrogens with zero attached hydrogens (tertiary/aromatic N) is 1. The number of fused-ring (bicyclic) bond motifs is 1. The van der Waals surface area contributed by atoms with E-state index in [1.54, 1.807) is 12.0 Å². The highest BCUT2D eigenvalue weighted by Gasteiger charge is 2.22. The Bertz CT molecular complexity index is 924. The maximum Gasteiger partial charge on any atom is 0.229 e. The molecule has 0 aliphatic carbocycles. The molecule has 0 aliphatic heterocycles. The van der Waals surface area contributed by atoms with Crippen molar-refractivity contribution in [3.63, 3.8) is 0 Å². The summed E-state index contributed by atoms with van der Waals surface area (Å²) in [7, 11) is 1.65. The van der Waals surface area contributed by atoms with Gasteiger partial charge in [0, 0.05) is 13.1 Å². The van der Waals surface area contributed by atoms with Crippen molar-refractivity contribution in [2.24, 2.45) is 0 Å². The second kappa shape index (κ2) is 9.38. The van der Waals surface area contributed by atoms with Gasteiger partial charge in [-0.2, -0.15) is 0 Å². The predicted octanol–water partition coefficient (Wildman–Crippen LogP) is 4.02. The van der Waals surface area contributed by atoms with Crippen LogP contribution in [-0.2, 0) is 11.2 Å². The minimum absolute atomic E-state index is 0.0369. The first-order chi connectivity index (χ1) is 13.6. The van der Waals surface area contributed by atoms with E-state index in [1.807, 2.05) is 55.5 Å². The molecule has 0 heterocycles. The van der Waals surface area contributed by atoms with E-state index in [1.165, 1.54) is 5.56 Å². The molecule has 3 aromatic carbocycles. The lowest BCUT2D eigenvalue weighted by Gasteiger charge is -2.25. The van der Waals surface area contributed by atoms with Gasteiger partial charge in [-0.25, -0.2) is 0 Å². The Kier molecular flexibility index (Phi) is 6.66. The van der Waals surface area contributed by atoms with Crippen LogP contribution in [0.5, 0.6) is 5.75 Å². The van der Waals surface area contributed by atoms with Gasteiger partial charge in [-0.3, -0.25) is 4.79 Å². The van der Waals surface area contributed by atoms with Crippen LogP contribution < -0.4 is 4.74 Å². The van der Waals surface area contributed by atoms with Crippen LogP contribution in [0.25, 0.3) is 10.8 Å². The van der Waals surface area contributed by atoms with E-state index in [-0.39, 0.29) is 18.4 Å². The van der Waals surface area contributed by atoms with Crippen molar-refractivity contribution in [1.29, 1.82) is 0 Å². The molecule has 0 unspecified atom stereocenters. The molecule has 0 saturated carbocycles. The normalized spacial score (nSPS) is 12.0. The highest BCUT2D eigenvalue weighted by molar-refractivity contribution is 5.88. The molecule has 0 saturated heterocycles. The lowest BCUT2D eigenvalue weighted by atomic mass is 9.96. The molecular weight excluding hydrogens is 350 g/mol. The number of ether oxygens (including phenoxy) is 1. The Morgan fingerprint density at radius 3 is 2.43 bits per heavy atom. The summed E-state index contributed by atoms with van der Waals surface area (Å²) in [6, 6.07) is 22.1. The summed E-state index contributed by atoms with van der Waals surface area (Å²) < 4.78 is 5.28. The molecule has 0 fully saturated rings. The molecule has 0 aromatic heterocycles. The van der Waals surface area contributed by atoms with Gasteiger partial charge in [0.15, 0.2) is 0 Å². The fourth-order valence-electron chi connectivity index (χ4n) is 3.42. The van der Waals surface area contributed by atoms with Gasteiger partial charge in [-0.05, 0) is 47.4 Å². The first kappa shape index (κ1) is 19.9. The van der Waals surface area contributed by atoms with Gasteiger partial charge in [0.2, 0.25) is 5.91 Å². The van der Waals surface area contributed by atoms with Gasteiger partial charge in [0.1, 0.15) is 5.75 Å². The monoisotopic (exact) mass is 377 g/mol. The standard InChI is InChI=1S/C24H27NO3/c1-18(20-8-9-22-17-23(28-2)11-10-21(22)16-20)24(27)25(14-15-26)13-12-19-6-4-3-5-7-19/h3-11,16-18,26H,12-15H2,1-2H3/t18-/m0/s1. The van der Waals surface area contributed by atoms with E-state index >= 15 is 0 Å². The maximum atomic E-state index is 13.1. The fourth-order valence-corrected chi connectivity index (χ4v) is 3.42. The number of amides is 1. The molecule has 3 rings (SSSR count). The molecule has 0 aliphatic rings. The van der Waals surface area contributed by atoms with Gasteiger partial charge >= 0.3 is 0 Å². The highest BCUT2D eigenvalue weighted by atomic mass is 16.5. The summed E-state index contributed by atoms with van der Waals surface area (Å²) in [5.74, 6) is 0.589. The van der Waals surface area contributed by atoms with Crippen molar-refractivity contribution < 1.29 is 14.6 Å². The molecule has 0 spiro atoms. The zero-order chi connectivity index (χ0) is 19.9. The second-order valence-corrected chi connectivity index (χ2v) is 6.98. The van der Waals surface area contributed by atoms with Crippen LogP contribution in [0.4, 0.5) is 0 Å². The van der Waals surface area contributed by atoms with Crippen molar-refractivity contribution in [3.05, 3.63) is 77.9 Å². The number of aliphatic hydroxyl groups excluding tert-OH is 1. The molecule has 4 nitrogen and oxygen atoms in total. The van der Waals surface area contributed by atoms with Gasteiger partial charge in [-0.1, -0.05) is 54.6 Å². The van der Waals surface area contributed by atoms with Gasteiger partial charge < -0.3 is 14.7 Å². The topological polar surface area (TPSA) is 49.8 Å². The van der Waals surface area contributed by atoms with Crippen molar-refractivity contribution in [3.8, 4) is 5.75 Å². The molecule has 28 heavy (non-hydrogen) atoms. The van der Waals surface area contributed by atoms with E-state index in [2.05, 4.69) is 18.2 Å². The van der Waals surface area contributed by atoms with Gasteiger partial charge in [0.25, 0.3) is 0 Å². The number of benzene rings is 3. The number of rotatable bonds is 8. The van der Waals surface area contributed by atoms with E-state index in [9.17, 15) is 9.90 Å². The minimum atomic E-state index is -0.270. The highest BCUT2D eigenvalue weighted by Crippen LogP contribution is 2.26. The number of carbonyl (C=O) groups excluding carboxylic acids is 1. The second-order valence-electron chi connectivity index (χ2n) is 6.98. The largest absolute Gasteiger partial charge is 0.497 e. The SMILES string of the molecule is COc1ccc2cc([C@H](C)C(=O)N(CCO)CCc3ccccc3)ccc2c1. The molecule has 146 valence electrons. The average Bonchev–Trinajstić information content (AvgIpc) is 2.75. The number of aliphatic hydroxyl groups is 1. The minimum Gasteiger partial charge on any atom is -0.497 e. The maximum absolute atomic E-state index is 13.1. The lowest BCUT2D eigenvalue weighted by Crippen LogP contribution is -2.38. The van der Waals surface area contributed by atoms with E-state index in [0.717, 1.165) is 28.5 Å². The van der Waals surface area contributed by atoms with Crippen LogP contribution >= 0.6 is 0 Å². The van der Waals surface area contributed by atoms with Crippen LogP contribution in [0.1, 0.15) is 24.0 Å². The molecule has 0 bridgehead atoms. The smallest absolute Gasteiger partial charge is 0.229 e. The van der Waals surface area contributed by atoms with Crippen molar-refractivity contribution >= 4 is 16.7 Å². The molecule has 3 aromatic rings. The van der Waals surface area contributed by atoms with E-state index < -0.39 is 0 Å². The predicted molar refractivity (Wildman–Crippen MR) is 113 cm³/mol. The third kappa shape index (κ3) is 4.70. The summed E-state index contributed by atoms with van der Waals surface area (Å²) in [6.45, 7) is 2.84. The zero-order valence-electron chi connectivity index (χ0n) is 16.5. The summed E-state index contributed by atoms with van der Waals surface area (Å²) in [4.78, 5) is 14.8. The summed E-state index contributed by atoms with van der Waals surface area (Å²) >= 11 is 0. The van der Waals surface area contributed by atoms with Gasteiger partial charge in [-0.15, -0.1) is 0 Å².